The Kier molecular flexibility index (Phi) is 4.55. The Balaban J connectivity index is 2.16. The molecular weight excluding hydrogens is 196 g/mol. The Bertz CT molecular complexity index is 241. The van der Waals surface area contributed by atoms with Gasteiger partial charge in [0.15, 0.2) is 0 Å². The Morgan fingerprint density at radius 2 is 2.20 bits per heavy atom. The van der Waals surface area contributed by atoms with Crippen LogP contribution in [0.15, 0.2) is 0 Å². The summed E-state index contributed by atoms with van der Waals surface area (Å²) in [5.74, 6) is 0.307. The summed E-state index contributed by atoms with van der Waals surface area (Å²) in [4.78, 5) is 23.7. The first kappa shape index (κ1) is 12.0. The molecule has 0 radical (unpaired) electrons. The molecule has 0 bridgehead atoms. The lowest BCUT2D eigenvalue weighted by atomic mass is 10.2. The fourth-order valence-corrected chi connectivity index (χ4v) is 1.31. The van der Waals surface area contributed by atoms with E-state index in [4.69, 9.17) is 4.74 Å². The van der Waals surface area contributed by atoms with Crippen molar-refractivity contribution in [1.29, 1.82) is 0 Å². The van der Waals surface area contributed by atoms with E-state index in [-0.39, 0.29) is 11.9 Å². The first-order chi connectivity index (χ1) is 7.09. The van der Waals surface area contributed by atoms with Crippen LogP contribution in [0.5, 0.6) is 0 Å². The van der Waals surface area contributed by atoms with Gasteiger partial charge >= 0.3 is 6.03 Å². The molecule has 1 rings (SSSR count). The maximum atomic E-state index is 11.3. The van der Waals surface area contributed by atoms with E-state index in [1.54, 1.807) is 4.90 Å². The lowest BCUT2D eigenvalue weighted by Gasteiger charge is -2.26. The summed E-state index contributed by atoms with van der Waals surface area (Å²) in [5, 5.41) is 2.27. The molecule has 3 amide bonds. The third-order valence-corrected chi connectivity index (χ3v) is 2.10. The molecule has 0 aromatic heterocycles. The molecule has 15 heavy (non-hydrogen) atoms. The highest BCUT2D eigenvalue weighted by Crippen LogP contribution is 2.00. The van der Waals surface area contributed by atoms with Crippen LogP contribution in [0.3, 0.4) is 0 Å². The van der Waals surface area contributed by atoms with Crippen molar-refractivity contribution >= 4 is 11.9 Å². The molecule has 0 saturated carbocycles. The topological polar surface area (TPSA) is 58.6 Å². The van der Waals surface area contributed by atoms with Crippen molar-refractivity contribution in [2.45, 2.75) is 20.3 Å². The van der Waals surface area contributed by atoms with E-state index in [2.05, 4.69) is 19.2 Å². The number of hydrogen-bond donors (Lipinski definition) is 1. The summed E-state index contributed by atoms with van der Waals surface area (Å²) in [6.07, 6.45) is 0.385. The van der Waals surface area contributed by atoms with Gasteiger partial charge in [-0.05, 0) is 5.92 Å². The zero-order valence-electron chi connectivity index (χ0n) is 9.28. The van der Waals surface area contributed by atoms with Crippen molar-refractivity contribution in [2.75, 3.05) is 26.3 Å². The van der Waals surface area contributed by atoms with Crippen molar-refractivity contribution < 1.29 is 14.3 Å². The highest BCUT2D eigenvalue weighted by molar-refractivity contribution is 5.96. The summed E-state index contributed by atoms with van der Waals surface area (Å²) < 4.78 is 5.37. The first-order valence-corrected chi connectivity index (χ1v) is 5.26. The van der Waals surface area contributed by atoms with Crippen molar-refractivity contribution in [3.05, 3.63) is 0 Å². The van der Waals surface area contributed by atoms with E-state index in [1.165, 1.54) is 0 Å². The van der Waals surface area contributed by atoms with E-state index in [0.717, 1.165) is 0 Å². The van der Waals surface area contributed by atoms with E-state index >= 15 is 0 Å². The second-order valence-corrected chi connectivity index (χ2v) is 4.06. The average Bonchev–Trinajstić information content (AvgIpc) is 2.14. The molecule has 1 N–H and O–H groups in total. The lowest BCUT2D eigenvalue weighted by molar-refractivity contribution is -0.121. The number of amides is 3. The van der Waals surface area contributed by atoms with Gasteiger partial charge < -0.3 is 9.64 Å². The number of carbonyl (C=O) groups is 2. The quantitative estimate of drug-likeness (QED) is 0.682. The van der Waals surface area contributed by atoms with Crippen LogP contribution in [0.1, 0.15) is 20.3 Å². The van der Waals surface area contributed by atoms with Crippen molar-refractivity contribution in [3.8, 4) is 0 Å². The van der Waals surface area contributed by atoms with Crippen LogP contribution in [-0.4, -0.2) is 43.1 Å². The summed E-state index contributed by atoms with van der Waals surface area (Å²) in [7, 11) is 0. The Morgan fingerprint density at radius 1 is 1.47 bits per heavy atom. The second-order valence-electron chi connectivity index (χ2n) is 4.06. The summed E-state index contributed by atoms with van der Waals surface area (Å²) >= 11 is 0. The van der Waals surface area contributed by atoms with Crippen LogP contribution in [0.4, 0.5) is 4.79 Å². The van der Waals surface area contributed by atoms with E-state index < -0.39 is 0 Å². The maximum absolute atomic E-state index is 11.3. The normalized spacial score (nSPS) is 17.1. The molecule has 0 atom stereocenters. The van der Waals surface area contributed by atoms with Crippen LogP contribution in [0.25, 0.3) is 0 Å². The number of nitrogens with one attached hydrogen (secondary N) is 1. The molecule has 1 aliphatic rings. The van der Waals surface area contributed by atoms with Crippen LogP contribution < -0.4 is 5.32 Å². The number of urea groups is 1. The smallest absolute Gasteiger partial charge is 0.324 e. The van der Waals surface area contributed by atoms with Crippen LogP contribution in [0.2, 0.25) is 0 Å². The van der Waals surface area contributed by atoms with E-state index in [0.29, 0.717) is 38.6 Å². The molecule has 86 valence electrons. The summed E-state index contributed by atoms with van der Waals surface area (Å²) in [5.41, 5.74) is 0. The fourth-order valence-electron chi connectivity index (χ4n) is 1.31. The number of hydrogen-bond acceptors (Lipinski definition) is 3. The van der Waals surface area contributed by atoms with Crippen LogP contribution >= 0.6 is 0 Å². The fraction of sp³-hybridized carbons (Fsp3) is 0.800. The Hall–Kier alpha value is -1.10. The van der Waals surface area contributed by atoms with E-state index in [9.17, 15) is 9.59 Å². The number of carbonyl (C=O) groups excluding carboxylic acids is 2. The second kappa shape index (κ2) is 5.70. The molecular formula is C10H18N2O3. The number of imide groups is 1. The van der Waals surface area contributed by atoms with Gasteiger partial charge in [-0.25, -0.2) is 4.79 Å². The molecule has 1 aliphatic heterocycles. The molecule has 1 saturated heterocycles. The summed E-state index contributed by atoms with van der Waals surface area (Å²) in [6.45, 7) is 6.42. The van der Waals surface area contributed by atoms with Gasteiger partial charge in [0.2, 0.25) is 5.91 Å². The molecule has 0 spiro atoms. The third-order valence-electron chi connectivity index (χ3n) is 2.10. The highest BCUT2D eigenvalue weighted by atomic mass is 16.5. The largest absolute Gasteiger partial charge is 0.379 e. The lowest BCUT2D eigenvalue weighted by Crippen LogP contribution is -2.50. The van der Waals surface area contributed by atoms with Gasteiger partial charge in [0, 0.05) is 26.1 Å². The van der Waals surface area contributed by atoms with Crippen molar-refractivity contribution in [2.24, 2.45) is 5.92 Å². The number of rotatable bonds is 5. The zero-order valence-corrected chi connectivity index (χ0v) is 9.28. The molecule has 1 heterocycles. The molecule has 0 aliphatic carbocycles. The van der Waals surface area contributed by atoms with E-state index in [1.807, 2.05) is 0 Å². The highest BCUT2D eigenvalue weighted by Gasteiger charge is 2.21. The predicted molar refractivity (Wildman–Crippen MR) is 55.4 cm³/mol. The monoisotopic (exact) mass is 214 g/mol. The predicted octanol–water partition coefficient (Wildman–Crippen LogP) is 0.601. The molecule has 5 nitrogen and oxygen atoms in total. The van der Waals surface area contributed by atoms with Crippen molar-refractivity contribution in [1.82, 2.24) is 10.2 Å². The molecule has 0 aromatic rings. The minimum atomic E-state index is -0.306. The standard InChI is InChI=1S/C10H18N2O3/c1-8(2)7-15-6-5-12-4-3-9(13)11-10(12)14/h8H,3-7H2,1-2H3,(H,11,13,14). The van der Waals surface area contributed by atoms with Gasteiger partial charge in [0.25, 0.3) is 0 Å². The molecule has 0 aromatic carbocycles. The molecule has 1 fully saturated rings. The van der Waals surface area contributed by atoms with Gasteiger partial charge in [-0.2, -0.15) is 0 Å². The minimum Gasteiger partial charge on any atom is -0.379 e. The maximum Gasteiger partial charge on any atom is 0.324 e. The number of ether oxygens (including phenoxy) is 1. The SMILES string of the molecule is CC(C)COCCN1CCC(=O)NC1=O. The summed E-state index contributed by atoms with van der Waals surface area (Å²) in [6, 6.07) is -0.306. The minimum absolute atomic E-state index is 0.195. The molecule has 5 heteroatoms. The van der Waals surface area contributed by atoms with Crippen LogP contribution in [-0.2, 0) is 9.53 Å². The molecule has 0 unspecified atom stereocenters. The Labute approximate surface area is 89.8 Å². The van der Waals surface area contributed by atoms with Gasteiger partial charge in [-0.1, -0.05) is 13.8 Å². The third kappa shape index (κ3) is 4.29. The van der Waals surface area contributed by atoms with Gasteiger partial charge in [-0.15, -0.1) is 0 Å². The van der Waals surface area contributed by atoms with Gasteiger partial charge in [0.05, 0.1) is 6.61 Å². The first-order valence-electron chi connectivity index (χ1n) is 5.26. The van der Waals surface area contributed by atoms with Gasteiger partial charge in [0.1, 0.15) is 0 Å². The van der Waals surface area contributed by atoms with Crippen LogP contribution in [0, 0.1) is 5.92 Å². The van der Waals surface area contributed by atoms with Crippen molar-refractivity contribution in [3.63, 3.8) is 0 Å². The number of nitrogens with zero attached hydrogens (tertiary/aromatic N) is 1. The zero-order chi connectivity index (χ0) is 11.3. The average molecular weight is 214 g/mol. The Morgan fingerprint density at radius 3 is 2.80 bits per heavy atom. The van der Waals surface area contributed by atoms with Gasteiger partial charge in [-0.3, -0.25) is 10.1 Å².